The van der Waals surface area contributed by atoms with Crippen LogP contribution in [0.25, 0.3) is 0 Å². The molecule has 18 heavy (non-hydrogen) atoms. The van der Waals surface area contributed by atoms with Crippen molar-refractivity contribution in [2.45, 2.75) is 58.9 Å². The predicted octanol–water partition coefficient (Wildman–Crippen LogP) is 2.58. The first-order chi connectivity index (χ1) is 8.43. The van der Waals surface area contributed by atoms with Gasteiger partial charge in [0.1, 0.15) is 0 Å². The molecule has 0 aromatic rings. The first kappa shape index (κ1) is 16.7. The summed E-state index contributed by atoms with van der Waals surface area (Å²) >= 11 is 0. The number of unbranched alkanes of at least 4 members (excludes halogenated alkanes) is 3. The zero-order valence-corrected chi connectivity index (χ0v) is 11.8. The van der Waals surface area contributed by atoms with Gasteiger partial charge in [-0.25, -0.2) is 4.79 Å². The van der Waals surface area contributed by atoms with E-state index in [1.165, 1.54) is 0 Å². The molecule has 0 rings (SSSR count). The van der Waals surface area contributed by atoms with Crippen LogP contribution in [-0.4, -0.2) is 24.5 Å². The summed E-state index contributed by atoms with van der Waals surface area (Å²) in [7, 11) is 0. The summed E-state index contributed by atoms with van der Waals surface area (Å²) in [4.78, 5) is 22.4. The van der Waals surface area contributed by atoms with Crippen molar-refractivity contribution in [2.75, 3.05) is 6.61 Å². The fraction of sp³-hybridized carbons (Fsp3) is 0.714. The number of carbonyl (C=O) groups is 2. The molecule has 0 saturated heterocycles. The van der Waals surface area contributed by atoms with Crippen molar-refractivity contribution in [2.24, 2.45) is 0 Å². The van der Waals surface area contributed by atoms with Gasteiger partial charge in [-0.05, 0) is 33.6 Å². The fourth-order valence-electron chi connectivity index (χ4n) is 1.42. The Kier molecular flexibility index (Phi) is 8.97. The SMILES string of the molecule is C=C(C)C(=O)OCCCCCCC(=O)NC(C)C. The maximum absolute atomic E-state index is 11.3. The van der Waals surface area contributed by atoms with E-state index in [1.807, 2.05) is 13.8 Å². The Morgan fingerprint density at radius 3 is 2.33 bits per heavy atom. The number of hydrogen-bond acceptors (Lipinski definition) is 3. The van der Waals surface area contributed by atoms with Crippen molar-refractivity contribution in [3.8, 4) is 0 Å². The van der Waals surface area contributed by atoms with Crippen LogP contribution in [0.1, 0.15) is 52.9 Å². The van der Waals surface area contributed by atoms with Gasteiger partial charge in [-0.15, -0.1) is 0 Å². The van der Waals surface area contributed by atoms with Crippen LogP contribution >= 0.6 is 0 Å². The molecule has 0 aliphatic carbocycles. The van der Waals surface area contributed by atoms with E-state index < -0.39 is 0 Å². The normalized spacial score (nSPS) is 10.2. The summed E-state index contributed by atoms with van der Waals surface area (Å²) in [5, 5.41) is 2.85. The van der Waals surface area contributed by atoms with Gasteiger partial charge >= 0.3 is 5.97 Å². The highest BCUT2D eigenvalue weighted by molar-refractivity contribution is 5.86. The number of nitrogens with one attached hydrogen (secondary N) is 1. The highest BCUT2D eigenvalue weighted by atomic mass is 16.5. The molecular weight excluding hydrogens is 230 g/mol. The van der Waals surface area contributed by atoms with Gasteiger partial charge in [0.05, 0.1) is 6.61 Å². The molecule has 0 bridgehead atoms. The van der Waals surface area contributed by atoms with E-state index in [1.54, 1.807) is 6.92 Å². The Labute approximate surface area is 110 Å². The van der Waals surface area contributed by atoms with Crippen molar-refractivity contribution in [1.82, 2.24) is 5.32 Å². The minimum absolute atomic E-state index is 0.110. The van der Waals surface area contributed by atoms with E-state index in [4.69, 9.17) is 4.74 Å². The average Bonchev–Trinajstić information content (AvgIpc) is 2.26. The molecule has 0 aromatic carbocycles. The average molecular weight is 255 g/mol. The van der Waals surface area contributed by atoms with Crippen LogP contribution in [0.15, 0.2) is 12.2 Å². The standard InChI is InChI=1S/C14H25NO3/c1-11(2)14(17)18-10-8-6-5-7-9-13(16)15-12(3)4/h12H,1,5-10H2,2-4H3,(H,15,16). The topological polar surface area (TPSA) is 55.4 Å². The quantitative estimate of drug-likeness (QED) is 0.391. The molecule has 0 spiro atoms. The lowest BCUT2D eigenvalue weighted by atomic mass is 10.1. The van der Waals surface area contributed by atoms with Crippen molar-refractivity contribution in [3.05, 3.63) is 12.2 Å². The summed E-state index contributed by atoms with van der Waals surface area (Å²) in [6.07, 6.45) is 4.25. The molecule has 0 saturated carbocycles. The Balaban J connectivity index is 3.34. The number of amides is 1. The number of hydrogen-bond donors (Lipinski definition) is 1. The molecule has 0 unspecified atom stereocenters. The second-order valence-electron chi connectivity index (χ2n) is 4.80. The molecular formula is C14H25NO3. The lowest BCUT2D eigenvalue weighted by molar-refractivity contribution is -0.139. The van der Waals surface area contributed by atoms with Gasteiger partial charge in [0.25, 0.3) is 0 Å². The number of rotatable bonds is 9. The van der Waals surface area contributed by atoms with E-state index in [2.05, 4.69) is 11.9 Å². The Hall–Kier alpha value is -1.32. The third-order valence-electron chi connectivity index (χ3n) is 2.33. The van der Waals surface area contributed by atoms with E-state index in [0.717, 1.165) is 25.7 Å². The number of esters is 1. The first-order valence-electron chi connectivity index (χ1n) is 6.55. The molecule has 0 fully saturated rings. The van der Waals surface area contributed by atoms with Crippen LogP contribution in [0, 0.1) is 0 Å². The van der Waals surface area contributed by atoms with Gasteiger partial charge in [-0.2, -0.15) is 0 Å². The van der Waals surface area contributed by atoms with Crippen molar-refractivity contribution in [3.63, 3.8) is 0 Å². The Bertz CT molecular complexity index is 285. The molecule has 0 aromatic heterocycles. The van der Waals surface area contributed by atoms with Crippen LogP contribution < -0.4 is 5.32 Å². The molecule has 104 valence electrons. The van der Waals surface area contributed by atoms with Crippen molar-refractivity contribution >= 4 is 11.9 Å². The number of carbonyl (C=O) groups excluding carboxylic acids is 2. The highest BCUT2D eigenvalue weighted by Crippen LogP contribution is 2.04. The maximum Gasteiger partial charge on any atom is 0.333 e. The zero-order chi connectivity index (χ0) is 14.0. The molecule has 0 atom stereocenters. The summed E-state index contributed by atoms with van der Waals surface area (Å²) in [6, 6.07) is 0.207. The van der Waals surface area contributed by atoms with Crippen LogP contribution in [0.4, 0.5) is 0 Å². The van der Waals surface area contributed by atoms with Gasteiger partial charge in [0.15, 0.2) is 0 Å². The minimum Gasteiger partial charge on any atom is -0.462 e. The summed E-state index contributed by atoms with van der Waals surface area (Å²) in [6.45, 7) is 9.48. The van der Waals surface area contributed by atoms with Crippen molar-refractivity contribution in [1.29, 1.82) is 0 Å². The molecule has 0 aliphatic heterocycles. The third-order valence-corrected chi connectivity index (χ3v) is 2.33. The molecule has 0 aliphatic rings. The highest BCUT2D eigenvalue weighted by Gasteiger charge is 2.03. The van der Waals surface area contributed by atoms with Gasteiger partial charge < -0.3 is 10.1 Å². The molecule has 0 heterocycles. The summed E-state index contributed by atoms with van der Waals surface area (Å²) < 4.78 is 4.97. The van der Waals surface area contributed by atoms with E-state index in [0.29, 0.717) is 18.6 Å². The molecule has 4 heteroatoms. The van der Waals surface area contributed by atoms with Crippen LogP contribution in [0.5, 0.6) is 0 Å². The van der Waals surface area contributed by atoms with E-state index >= 15 is 0 Å². The third kappa shape index (κ3) is 9.87. The summed E-state index contributed by atoms with van der Waals surface area (Å²) in [5.41, 5.74) is 0.431. The van der Waals surface area contributed by atoms with E-state index in [-0.39, 0.29) is 17.9 Å². The molecule has 0 radical (unpaired) electrons. The van der Waals surface area contributed by atoms with E-state index in [9.17, 15) is 9.59 Å². The molecule has 1 N–H and O–H groups in total. The lowest BCUT2D eigenvalue weighted by Gasteiger charge is -2.08. The van der Waals surface area contributed by atoms with Gasteiger partial charge in [-0.1, -0.05) is 19.4 Å². The van der Waals surface area contributed by atoms with Crippen LogP contribution in [-0.2, 0) is 14.3 Å². The smallest absolute Gasteiger partial charge is 0.333 e. The van der Waals surface area contributed by atoms with Crippen LogP contribution in [0.2, 0.25) is 0 Å². The van der Waals surface area contributed by atoms with Gasteiger partial charge in [0, 0.05) is 18.0 Å². The first-order valence-corrected chi connectivity index (χ1v) is 6.55. The maximum atomic E-state index is 11.3. The fourth-order valence-corrected chi connectivity index (χ4v) is 1.42. The predicted molar refractivity (Wildman–Crippen MR) is 72.1 cm³/mol. The summed E-state index contributed by atoms with van der Waals surface area (Å²) in [5.74, 6) is -0.218. The second kappa shape index (κ2) is 9.68. The second-order valence-corrected chi connectivity index (χ2v) is 4.80. The lowest BCUT2D eigenvalue weighted by Crippen LogP contribution is -2.29. The van der Waals surface area contributed by atoms with Crippen LogP contribution in [0.3, 0.4) is 0 Å². The molecule has 4 nitrogen and oxygen atoms in total. The largest absolute Gasteiger partial charge is 0.462 e. The zero-order valence-electron chi connectivity index (χ0n) is 11.8. The van der Waals surface area contributed by atoms with Gasteiger partial charge in [-0.3, -0.25) is 4.79 Å². The minimum atomic E-state index is -0.327. The van der Waals surface area contributed by atoms with Crippen molar-refractivity contribution < 1.29 is 14.3 Å². The van der Waals surface area contributed by atoms with Gasteiger partial charge in [0.2, 0.25) is 5.91 Å². The molecule has 1 amide bonds. The Morgan fingerprint density at radius 1 is 1.17 bits per heavy atom. The Morgan fingerprint density at radius 2 is 1.78 bits per heavy atom. The number of ether oxygens (including phenoxy) is 1. The monoisotopic (exact) mass is 255 g/mol.